The van der Waals surface area contributed by atoms with Crippen molar-refractivity contribution in [1.29, 1.82) is 0 Å². The maximum Gasteiger partial charge on any atom is 0.312 e. The Labute approximate surface area is 163 Å². The van der Waals surface area contributed by atoms with Crippen LogP contribution in [0.15, 0.2) is 35.4 Å². The fraction of sp³-hybridized carbons (Fsp3) is 0.450. The molecule has 1 fully saturated rings. The Kier molecular flexibility index (Phi) is 5.87. The average Bonchev–Trinajstić information content (AvgIpc) is 3.00. The number of nitrogens with zero attached hydrogens (tertiary/aromatic N) is 4. The largest absolute Gasteiger partial charge is 0.312 e. The summed E-state index contributed by atoms with van der Waals surface area (Å²) >= 11 is 0. The molecular weight excluding hydrogens is 358 g/mol. The monoisotopic (exact) mass is 383 g/mol. The van der Waals surface area contributed by atoms with Gasteiger partial charge in [-0.1, -0.05) is 30.3 Å². The van der Waals surface area contributed by atoms with Gasteiger partial charge in [-0.05, 0) is 57.9 Å². The molecule has 0 aliphatic heterocycles. The molecule has 0 saturated heterocycles. The smallest absolute Gasteiger partial charge is 0.271 e. The Morgan fingerprint density at radius 3 is 2.50 bits per heavy atom. The molecule has 3 rings (SSSR count). The van der Waals surface area contributed by atoms with Crippen LogP contribution in [0.2, 0.25) is 0 Å². The summed E-state index contributed by atoms with van der Waals surface area (Å²) in [6, 6.07) is 9.77. The van der Waals surface area contributed by atoms with E-state index in [9.17, 15) is 14.9 Å². The number of carbonyl (C=O) groups is 1. The molecule has 1 heterocycles. The van der Waals surface area contributed by atoms with Crippen molar-refractivity contribution in [2.24, 2.45) is 5.10 Å². The van der Waals surface area contributed by atoms with E-state index in [2.05, 4.69) is 39.9 Å². The van der Waals surface area contributed by atoms with E-state index in [1.54, 1.807) is 20.8 Å². The van der Waals surface area contributed by atoms with Crippen LogP contribution >= 0.6 is 0 Å². The summed E-state index contributed by atoms with van der Waals surface area (Å²) in [5.41, 5.74) is 5.55. The van der Waals surface area contributed by atoms with Crippen LogP contribution in [-0.4, -0.2) is 26.3 Å². The highest BCUT2D eigenvalue weighted by Gasteiger charge is 2.27. The van der Waals surface area contributed by atoms with Gasteiger partial charge in [0.1, 0.15) is 17.4 Å². The highest BCUT2D eigenvalue weighted by molar-refractivity contribution is 5.87. The third-order valence-electron chi connectivity index (χ3n) is 5.37. The summed E-state index contributed by atoms with van der Waals surface area (Å²) in [6.45, 7) is 4.82. The molecule has 1 amide bonds. The third-order valence-corrected chi connectivity index (χ3v) is 5.37. The molecule has 148 valence electrons. The Bertz CT molecular complexity index is 894. The lowest BCUT2D eigenvalue weighted by molar-refractivity contribution is -0.386. The number of aryl methyl sites for hydroxylation is 1. The van der Waals surface area contributed by atoms with Gasteiger partial charge in [0.2, 0.25) is 0 Å². The Hall–Kier alpha value is -3.03. The van der Waals surface area contributed by atoms with E-state index in [1.165, 1.54) is 10.2 Å². The standard InChI is InChI=1S/C20H25N5O3/c1-13-19(25(27)28)14(2)24(23-13)15(3)20(26)22-21-18-11-9-17(10-12-18)16-7-5-4-6-8-16/h4-8,15,17H,9-12H2,1-3H3,(H,22,26). The molecule has 2 aromatic rings. The van der Waals surface area contributed by atoms with Gasteiger partial charge in [0.05, 0.1) is 4.92 Å². The maximum atomic E-state index is 12.5. The second kappa shape index (κ2) is 8.33. The molecule has 1 unspecified atom stereocenters. The van der Waals surface area contributed by atoms with Crippen molar-refractivity contribution in [3.8, 4) is 0 Å². The molecule has 1 atom stereocenters. The topological polar surface area (TPSA) is 102 Å². The Morgan fingerprint density at radius 2 is 1.93 bits per heavy atom. The minimum absolute atomic E-state index is 0.0507. The quantitative estimate of drug-likeness (QED) is 0.626. The molecule has 1 aliphatic rings. The first kappa shape index (κ1) is 19.7. The number of hydrazone groups is 1. The summed E-state index contributed by atoms with van der Waals surface area (Å²) in [6.07, 6.45) is 3.72. The number of rotatable bonds is 5. The lowest BCUT2D eigenvalue weighted by atomic mass is 9.83. The highest BCUT2D eigenvalue weighted by Crippen LogP contribution is 2.31. The maximum absolute atomic E-state index is 12.5. The average molecular weight is 383 g/mol. The zero-order valence-corrected chi connectivity index (χ0v) is 16.4. The van der Waals surface area contributed by atoms with Crippen LogP contribution in [0, 0.1) is 24.0 Å². The molecule has 0 spiro atoms. The zero-order chi connectivity index (χ0) is 20.3. The number of aromatic nitrogens is 2. The first-order valence-corrected chi connectivity index (χ1v) is 9.48. The van der Waals surface area contributed by atoms with Gasteiger partial charge in [-0.25, -0.2) is 5.43 Å². The Balaban J connectivity index is 1.60. The number of benzene rings is 1. The predicted octanol–water partition coefficient (Wildman–Crippen LogP) is 3.80. The molecule has 8 nitrogen and oxygen atoms in total. The summed E-state index contributed by atoms with van der Waals surface area (Å²) < 4.78 is 1.38. The molecule has 28 heavy (non-hydrogen) atoms. The van der Waals surface area contributed by atoms with E-state index in [4.69, 9.17) is 0 Å². The van der Waals surface area contributed by atoms with Crippen molar-refractivity contribution in [3.63, 3.8) is 0 Å². The van der Waals surface area contributed by atoms with Crippen LogP contribution in [0.25, 0.3) is 0 Å². The summed E-state index contributed by atoms with van der Waals surface area (Å²) in [7, 11) is 0. The molecule has 0 bridgehead atoms. The van der Waals surface area contributed by atoms with E-state index in [-0.39, 0.29) is 11.6 Å². The van der Waals surface area contributed by atoms with Gasteiger partial charge in [-0.2, -0.15) is 10.2 Å². The van der Waals surface area contributed by atoms with Crippen molar-refractivity contribution in [2.45, 2.75) is 58.4 Å². The first-order valence-electron chi connectivity index (χ1n) is 9.48. The number of hydrogen-bond acceptors (Lipinski definition) is 5. The van der Waals surface area contributed by atoms with Crippen molar-refractivity contribution < 1.29 is 9.72 Å². The van der Waals surface area contributed by atoms with E-state index in [1.807, 2.05) is 6.07 Å². The molecule has 1 aromatic carbocycles. The van der Waals surface area contributed by atoms with Crippen LogP contribution < -0.4 is 5.43 Å². The fourth-order valence-corrected chi connectivity index (χ4v) is 3.76. The second-order valence-electron chi connectivity index (χ2n) is 7.24. The van der Waals surface area contributed by atoms with Gasteiger partial charge in [0, 0.05) is 5.71 Å². The van der Waals surface area contributed by atoms with Crippen LogP contribution in [0.1, 0.15) is 61.5 Å². The molecule has 1 aliphatic carbocycles. The first-order chi connectivity index (χ1) is 13.4. The summed E-state index contributed by atoms with van der Waals surface area (Å²) in [5.74, 6) is 0.197. The lowest BCUT2D eigenvalue weighted by Crippen LogP contribution is -2.30. The van der Waals surface area contributed by atoms with Crippen molar-refractivity contribution >= 4 is 17.3 Å². The van der Waals surface area contributed by atoms with Gasteiger partial charge in [-0.15, -0.1) is 0 Å². The number of nitrogens with one attached hydrogen (secondary N) is 1. The molecule has 1 saturated carbocycles. The van der Waals surface area contributed by atoms with Crippen LogP contribution in [0.3, 0.4) is 0 Å². The normalized spacial score (nSPS) is 17.8. The molecule has 0 radical (unpaired) electrons. The van der Waals surface area contributed by atoms with Crippen LogP contribution in [0.5, 0.6) is 0 Å². The fourth-order valence-electron chi connectivity index (χ4n) is 3.76. The molecule has 8 heteroatoms. The predicted molar refractivity (Wildman–Crippen MR) is 106 cm³/mol. The van der Waals surface area contributed by atoms with E-state index in [0.29, 0.717) is 17.3 Å². The van der Waals surface area contributed by atoms with E-state index in [0.717, 1.165) is 31.4 Å². The summed E-state index contributed by atoms with van der Waals surface area (Å²) in [5, 5.41) is 19.6. The minimum atomic E-state index is -0.683. The van der Waals surface area contributed by atoms with E-state index < -0.39 is 11.0 Å². The zero-order valence-electron chi connectivity index (χ0n) is 16.4. The van der Waals surface area contributed by atoms with Gasteiger partial charge < -0.3 is 0 Å². The van der Waals surface area contributed by atoms with Crippen molar-refractivity contribution in [1.82, 2.24) is 15.2 Å². The van der Waals surface area contributed by atoms with Gasteiger partial charge in [-0.3, -0.25) is 19.6 Å². The van der Waals surface area contributed by atoms with Crippen LogP contribution in [0.4, 0.5) is 5.69 Å². The number of amides is 1. The highest BCUT2D eigenvalue weighted by atomic mass is 16.6. The minimum Gasteiger partial charge on any atom is -0.271 e. The van der Waals surface area contributed by atoms with Crippen LogP contribution in [-0.2, 0) is 4.79 Å². The number of nitro groups is 1. The Morgan fingerprint density at radius 1 is 1.29 bits per heavy atom. The molecule has 1 N–H and O–H groups in total. The number of hydrogen-bond donors (Lipinski definition) is 1. The third kappa shape index (κ3) is 4.11. The molecule has 1 aromatic heterocycles. The van der Waals surface area contributed by atoms with Crippen molar-refractivity contribution in [3.05, 3.63) is 57.4 Å². The SMILES string of the molecule is Cc1nn(C(C)C(=O)NN=C2CCC(c3ccccc3)CC2)c(C)c1[N+](=O)[O-]. The van der Waals surface area contributed by atoms with Gasteiger partial charge in [0.15, 0.2) is 0 Å². The lowest BCUT2D eigenvalue weighted by Gasteiger charge is -2.23. The van der Waals surface area contributed by atoms with E-state index >= 15 is 0 Å². The van der Waals surface area contributed by atoms with Gasteiger partial charge >= 0.3 is 5.69 Å². The van der Waals surface area contributed by atoms with Gasteiger partial charge in [0.25, 0.3) is 5.91 Å². The molecular formula is C20H25N5O3. The number of carbonyl (C=O) groups excluding carboxylic acids is 1. The van der Waals surface area contributed by atoms with Crippen molar-refractivity contribution in [2.75, 3.05) is 0 Å². The second-order valence-corrected chi connectivity index (χ2v) is 7.24. The summed E-state index contributed by atoms with van der Waals surface area (Å²) in [4.78, 5) is 23.1.